The molecule has 100 valence electrons. The van der Waals surface area contributed by atoms with E-state index < -0.39 is 0 Å². The zero-order valence-corrected chi connectivity index (χ0v) is 12.8. The number of hydrogen-bond donors (Lipinski definition) is 0. The van der Waals surface area contributed by atoms with Gasteiger partial charge >= 0.3 is 0 Å². The van der Waals surface area contributed by atoms with Crippen LogP contribution in [0.15, 0.2) is 42.0 Å². The molecule has 0 fully saturated rings. The molecule has 1 aromatic heterocycles. The minimum Gasteiger partial charge on any atom is -0.299 e. The summed E-state index contributed by atoms with van der Waals surface area (Å²) < 4.78 is 0. The number of allylic oxidation sites excluding steroid dienone is 7. The van der Waals surface area contributed by atoms with Crippen molar-refractivity contribution in [3.05, 3.63) is 62.9 Å². The second-order valence-electron chi connectivity index (χ2n) is 4.40. The zero-order chi connectivity index (χ0) is 14.3. The summed E-state index contributed by atoms with van der Waals surface area (Å²) in [5.41, 5.74) is 3.64. The van der Waals surface area contributed by atoms with Crippen molar-refractivity contribution in [3.63, 3.8) is 0 Å². The van der Waals surface area contributed by atoms with E-state index in [0.717, 1.165) is 11.9 Å². The molecule has 0 saturated carbocycles. The van der Waals surface area contributed by atoms with Crippen LogP contribution >= 0.6 is 11.3 Å². The SMILES string of the molecule is CC(C=CC=CC=Cc1c(C)sc(C)c1C)=CC=O. The third kappa shape index (κ3) is 4.84. The molecule has 0 bridgehead atoms. The molecule has 0 atom stereocenters. The first kappa shape index (κ1) is 15.4. The van der Waals surface area contributed by atoms with Gasteiger partial charge in [0.1, 0.15) is 6.29 Å². The van der Waals surface area contributed by atoms with Crippen molar-refractivity contribution in [2.24, 2.45) is 0 Å². The third-order valence-electron chi connectivity index (χ3n) is 2.90. The van der Waals surface area contributed by atoms with Crippen LogP contribution in [0, 0.1) is 20.8 Å². The van der Waals surface area contributed by atoms with E-state index in [2.05, 4.69) is 26.8 Å². The lowest BCUT2D eigenvalue weighted by molar-refractivity contribution is -0.104. The highest BCUT2D eigenvalue weighted by molar-refractivity contribution is 7.12. The van der Waals surface area contributed by atoms with E-state index in [1.807, 2.05) is 48.6 Å². The average molecular weight is 272 g/mol. The predicted molar refractivity (Wildman–Crippen MR) is 85.7 cm³/mol. The summed E-state index contributed by atoms with van der Waals surface area (Å²) in [6.07, 6.45) is 14.3. The number of thiophene rings is 1. The molecule has 0 N–H and O–H groups in total. The first-order valence-corrected chi connectivity index (χ1v) is 7.08. The molecule has 2 heteroatoms. The fourth-order valence-corrected chi connectivity index (χ4v) is 2.76. The van der Waals surface area contributed by atoms with Gasteiger partial charge in [-0.3, -0.25) is 4.79 Å². The van der Waals surface area contributed by atoms with Crippen LogP contribution in [0.4, 0.5) is 0 Å². The van der Waals surface area contributed by atoms with Gasteiger partial charge < -0.3 is 0 Å². The highest BCUT2D eigenvalue weighted by Crippen LogP contribution is 2.27. The van der Waals surface area contributed by atoms with Crippen LogP contribution < -0.4 is 0 Å². The molecule has 1 rings (SSSR count). The van der Waals surface area contributed by atoms with Gasteiger partial charge in [0.15, 0.2) is 0 Å². The first-order valence-electron chi connectivity index (χ1n) is 6.26. The Morgan fingerprint density at radius 2 is 1.68 bits per heavy atom. The second kappa shape index (κ2) is 7.70. The number of rotatable bonds is 5. The van der Waals surface area contributed by atoms with Crippen molar-refractivity contribution in [2.45, 2.75) is 27.7 Å². The number of carbonyl (C=O) groups is 1. The van der Waals surface area contributed by atoms with Crippen LogP contribution in [0.25, 0.3) is 6.08 Å². The quantitative estimate of drug-likeness (QED) is 0.421. The molecule has 1 heterocycles. The Morgan fingerprint density at radius 3 is 2.26 bits per heavy atom. The first-order chi connectivity index (χ1) is 9.06. The molecule has 0 aromatic carbocycles. The molecule has 0 saturated heterocycles. The summed E-state index contributed by atoms with van der Waals surface area (Å²) in [6, 6.07) is 0. The van der Waals surface area contributed by atoms with E-state index in [-0.39, 0.29) is 0 Å². The largest absolute Gasteiger partial charge is 0.299 e. The van der Waals surface area contributed by atoms with Crippen LogP contribution in [0.3, 0.4) is 0 Å². The third-order valence-corrected chi connectivity index (χ3v) is 4.04. The van der Waals surface area contributed by atoms with Gasteiger partial charge in [-0.15, -0.1) is 11.3 Å². The topological polar surface area (TPSA) is 17.1 Å². The fraction of sp³-hybridized carbons (Fsp3) is 0.235. The maximum atomic E-state index is 10.2. The van der Waals surface area contributed by atoms with Gasteiger partial charge in [0.25, 0.3) is 0 Å². The number of aryl methyl sites for hydroxylation is 2. The Morgan fingerprint density at radius 1 is 1.00 bits per heavy atom. The lowest BCUT2D eigenvalue weighted by Crippen LogP contribution is -1.76. The van der Waals surface area contributed by atoms with Gasteiger partial charge in [0.2, 0.25) is 0 Å². The molecule has 0 spiro atoms. The van der Waals surface area contributed by atoms with Crippen LogP contribution in [-0.4, -0.2) is 6.29 Å². The van der Waals surface area contributed by atoms with E-state index in [9.17, 15) is 4.79 Å². The van der Waals surface area contributed by atoms with Gasteiger partial charge in [-0.05, 0) is 50.5 Å². The van der Waals surface area contributed by atoms with Crippen LogP contribution in [0.2, 0.25) is 0 Å². The molecule has 0 radical (unpaired) electrons. The molecule has 0 aliphatic heterocycles. The molecule has 0 aliphatic carbocycles. The van der Waals surface area contributed by atoms with E-state index in [1.54, 1.807) is 6.08 Å². The molecule has 1 nitrogen and oxygen atoms in total. The standard InChI is InChI=1S/C17H20OS/c1-13(11-12-18)9-7-5-6-8-10-17-14(2)15(3)19-16(17)4/h5-12H,1-4H3. The number of hydrogen-bond acceptors (Lipinski definition) is 2. The Balaban J connectivity index is 2.64. The van der Waals surface area contributed by atoms with Crippen molar-refractivity contribution in [3.8, 4) is 0 Å². The van der Waals surface area contributed by atoms with Crippen molar-refractivity contribution >= 4 is 23.7 Å². The molecule has 0 amide bonds. The van der Waals surface area contributed by atoms with Gasteiger partial charge in [-0.25, -0.2) is 0 Å². The molecule has 19 heavy (non-hydrogen) atoms. The molecule has 0 unspecified atom stereocenters. The van der Waals surface area contributed by atoms with Crippen molar-refractivity contribution < 1.29 is 4.79 Å². The van der Waals surface area contributed by atoms with Gasteiger partial charge in [-0.1, -0.05) is 36.5 Å². The van der Waals surface area contributed by atoms with E-state index in [4.69, 9.17) is 0 Å². The highest BCUT2D eigenvalue weighted by atomic mass is 32.1. The second-order valence-corrected chi connectivity index (χ2v) is 5.83. The van der Waals surface area contributed by atoms with E-state index >= 15 is 0 Å². The number of carbonyl (C=O) groups excluding carboxylic acids is 1. The monoisotopic (exact) mass is 272 g/mol. The van der Waals surface area contributed by atoms with Crippen molar-refractivity contribution in [2.75, 3.05) is 0 Å². The summed E-state index contributed by atoms with van der Waals surface area (Å²) in [5, 5.41) is 0. The van der Waals surface area contributed by atoms with Gasteiger partial charge in [0.05, 0.1) is 0 Å². The Hall–Kier alpha value is -1.67. The van der Waals surface area contributed by atoms with E-state index in [0.29, 0.717) is 0 Å². The summed E-state index contributed by atoms with van der Waals surface area (Å²) in [5.74, 6) is 0. The smallest absolute Gasteiger partial charge is 0.143 e. The lowest BCUT2D eigenvalue weighted by atomic mass is 10.1. The van der Waals surface area contributed by atoms with Crippen LogP contribution in [0.1, 0.15) is 27.8 Å². The minimum absolute atomic E-state index is 0.799. The minimum atomic E-state index is 0.799. The Bertz CT molecular complexity index is 554. The zero-order valence-electron chi connectivity index (χ0n) is 11.9. The lowest BCUT2D eigenvalue weighted by Gasteiger charge is -1.93. The summed E-state index contributed by atoms with van der Waals surface area (Å²) >= 11 is 1.84. The summed E-state index contributed by atoms with van der Waals surface area (Å²) in [6.45, 7) is 8.37. The Labute approximate surface area is 119 Å². The van der Waals surface area contributed by atoms with Crippen LogP contribution in [0.5, 0.6) is 0 Å². The normalized spacial score (nSPS) is 13.2. The Kier molecular flexibility index (Phi) is 6.23. The van der Waals surface area contributed by atoms with Gasteiger partial charge in [0, 0.05) is 9.75 Å². The number of aldehydes is 1. The van der Waals surface area contributed by atoms with Crippen LogP contribution in [-0.2, 0) is 4.79 Å². The molecular weight excluding hydrogens is 252 g/mol. The maximum Gasteiger partial charge on any atom is 0.143 e. The van der Waals surface area contributed by atoms with Crippen molar-refractivity contribution in [1.29, 1.82) is 0 Å². The molecule has 0 aliphatic rings. The average Bonchev–Trinajstić information content (AvgIpc) is 2.59. The van der Waals surface area contributed by atoms with Crippen molar-refractivity contribution in [1.82, 2.24) is 0 Å². The maximum absolute atomic E-state index is 10.2. The van der Waals surface area contributed by atoms with E-state index in [1.165, 1.54) is 20.9 Å². The van der Waals surface area contributed by atoms with Gasteiger partial charge in [-0.2, -0.15) is 0 Å². The molecular formula is C17H20OS. The summed E-state index contributed by atoms with van der Waals surface area (Å²) in [4.78, 5) is 13.0. The molecule has 1 aromatic rings. The fourth-order valence-electron chi connectivity index (χ4n) is 1.71. The summed E-state index contributed by atoms with van der Waals surface area (Å²) in [7, 11) is 0. The predicted octanol–water partition coefficient (Wildman–Crippen LogP) is 4.94. The highest BCUT2D eigenvalue weighted by Gasteiger charge is 2.04.